The molecule has 2 aliphatic carbocycles. The van der Waals surface area contributed by atoms with Crippen LogP contribution in [0.1, 0.15) is 51.9 Å². The molecule has 2 unspecified atom stereocenters. The zero-order valence-electron chi connectivity index (χ0n) is 8.89. The van der Waals surface area contributed by atoms with Crippen molar-refractivity contribution in [3.8, 4) is 0 Å². The molecule has 0 heterocycles. The first-order valence-corrected chi connectivity index (χ1v) is 5.83. The van der Waals surface area contributed by atoms with Gasteiger partial charge >= 0.3 is 0 Å². The third-order valence-corrected chi connectivity index (χ3v) is 3.92. The summed E-state index contributed by atoms with van der Waals surface area (Å²) in [5.74, 6) is 0.384. The van der Waals surface area contributed by atoms with Gasteiger partial charge < -0.3 is 0 Å². The lowest BCUT2D eigenvalue weighted by Crippen LogP contribution is -2.24. The van der Waals surface area contributed by atoms with Gasteiger partial charge in [-0.15, -0.1) is 0 Å². The standard InChI is InChI=1S/C12H19FO/c1-12(8-10(12)13)11(14)9-6-4-2-3-5-7-9/h9-10H,2-8H2,1H3. The summed E-state index contributed by atoms with van der Waals surface area (Å²) < 4.78 is 13.0. The quantitative estimate of drug-likeness (QED) is 0.622. The van der Waals surface area contributed by atoms with Crippen LogP contribution in [0.25, 0.3) is 0 Å². The number of alkyl halides is 1. The molecule has 0 aliphatic heterocycles. The molecule has 0 saturated heterocycles. The first-order valence-electron chi connectivity index (χ1n) is 5.83. The number of rotatable bonds is 2. The molecule has 14 heavy (non-hydrogen) atoms. The minimum atomic E-state index is -0.849. The van der Waals surface area contributed by atoms with Gasteiger partial charge in [0.1, 0.15) is 12.0 Å². The number of carbonyl (C=O) groups is 1. The van der Waals surface area contributed by atoms with Crippen molar-refractivity contribution in [1.29, 1.82) is 0 Å². The fourth-order valence-corrected chi connectivity index (χ4v) is 2.58. The molecule has 0 bridgehead atoms. The maximum atomic E-state index is 13.0. The Balaban J connectivity index is 1.96. The summed E-state index contributed by atoms with van der Waals surface area (Å²) in [7, 11) is 0. The zero-order chi connectivity index (χ0) is 10.2. The lowest BCUT2D eigenvalue weighted by atomic mass is 9.86. The lowest BCUT2D eigenvalue weighted by molar-refractivity contribution is -0.128. The van der Waals surface area contributed by atoms with Gasteiger partial charge in [-0.25, -0.2) is 4.39 Å². The number of halogens is 1. The van der Waals surface area contributed by atoms with Crippen molar-refractivity contribution >= 4 is 5.78 Å². The normalized spacial score (nSPS) is 39.1. The molecule has 2 saturated carbocycles. The summed E-state index contributed by atoms with van der Waals surface area (Å²) in [5.41, 5.74) is -0.588. The van der Waals surface area contributed by atoms with Crippen LogP contribution >= 0.6 is 0 Å². The maximum Gasteiger partial charge on any atom is 0.144 e. The maximum absolute atomic E-state index is 13.0. The number of hydrogen-bond acceptors (Lipinski definition) is 1. The molecule has 0 N–H and O–H groups in total. The van der Waals surface area contributed by atoms with E-state index in [1.54, 1.807) is 6.92 Å². The van der Waals surface area contributed by atoms with Gasteiger partial charge in [-0.2, -0.15) is 0 Å². The van der Waals surface area contributed by atoms with E-state index in [2.05, 4.69) is 0 Å². The van der Waals surface area contributed by atoms with Crippen LogP contribution in [-0.2, 0) is 4.79 Å². The molecule has 0 spiro atoms. The Morgan fingerprint density at radius 2 is 1.71 bits per heavy atom. The Labute approximate surface area is 85.1 Å². The minimum Gasteiger partial charge on any atom is -0.299 e. The molecular weight excluding hydrogens is 179 g/mol. The summed E-state index contributed by atoms with van der Waals surface area (Å²) >= 11 is 0. The Bertz CT molecular complexity index is 230. The van der Waals surface area contributed by atoms with Gasteiger partial charge in [-0.05, 0) is 26.2 Å². The SMILES string of the molecule is CC1(C(=O)C2CCCCCC2)CC1F. The molecule has 0 aromatic carbocycles. The molecule has 0 amide bonds. The predicted molar refractivity (Wildman–Crippen MR) is 53.8 cm³/mol. The van der Waals surface area contributed by atoms with Crippen molar-refractivity contribution in [2.75, 3.05) is 0 Å². The number of hydrogen-bond donors (Lipinski definition) is 0. The highest BCUT2D eigenvalue weighted by Gasteiger charge is 2.57. The van der Waals surface area contributed by atoms with Gasteiger partial charge in [-0.1, -0.05) is 25.7 Å². The van der Waals surface area contributed by atoms with Crippen molar-refractivity contribution in [2.24, 2.45) is 11.3 Å². The van der Waals surface area contributed by atoms with Crippen LogP contribution in [-0.4, -0.2) is 12.0 Å². The van der Waals surface area contributed by atoms with Gasteiger partial charge in [0.2, 0.25) is 0 Å². The van der Waals surface area contributed by atoms with E-state index < -0.39 is 11.6 Å². The number of carbonyl (C=O) groups excluding carboxylic acids is 1. The third kappa shape index (κ3) is 1.71. The molecule has 2 rings (SSSR count). The summed E-state index contributed by atoms with van der Waals surface area (Å²) in [4.78, 5) is 12.0. The lowest BCUT2D eigenvalue weighted by Gasteiger charge is -2.16. The largest absolute Gasteiger partial charge is 0.299 e. The fraction of sp³-hybridized carbons (Fsp3) is 0.917. The first kappa shape index (κ1) is 10.1. The van der Waals surface area contributed by atoms with Crippen molar-refractivity contribution in [1.82, 2.24) is 0 Å². The highest BCUT2D eigenvalue weighted by molar-refractivity contribution is 5.90. The number of Topliss-reactive ketones (excluding diaryl/α,β-unsaturated/α-hetero) is 1. The zero-order valence-corrected chi connectivity index (χ0v) is 8.89. The molecule has 2 aliphatic rings. The van der Waals surface area contributed by atoms with E-state index in [1.165, 1.54) is 12.8 Å². The van der Waals surface area contributed by atoms with Crippen molar-refractivity contribution < 1.29 is 9.18 Å². The van der Waals surface area contributed by atoms with E-state index in [-0.39, 0.29) is 11.7 Å². The van der Waals surface area contributed by atoms with E-state index >= 15 is 0 Å². The van der Waals surface area contributed by atoms with Gasteiger partial charge in [0.15, 0.2) is 0 Å². The van der Waals surface area contributed by atoms with E-state index in [0.29, 0.717) is 6.42 Å². The molecule has 2 fully saturated rings. The van der Waals surface area contributed by atoms with E-state index in [9.17, 15) is 9.18 Å². The van der Waals surface area contributed by atoms with Gasteiger partial charge in [0.05, 0.1) is 5.41 Å². The summed E-state index contributed by atoms with van der Waals surface area (Å²) in [5, 5.41) is 0. The second-order valence-corrected chi connectivity index (χ2v) is 5.14. The summed E-state index contributed by atoms with van der Waals surface area (Å²) in [6.07, 6.45) is 6.44. The molecule has 0 radical (unpaired) electrons. The van der Waals surface area contributed by atoms with Gasteiger partial charge in [0.25, 0.3) is 0 Å². The monoisotopic (exact) mass is 198 g/mol. The van der Waals surface area contributed by atoms with Crippen LogP contribution < -0.4 is 0 Å². The van der Waals surface area contributed by atoms with Crippen LogP contribution in [0.15, 0.2) is 0 Å². The Hall–Kier alpha value is -0.400. The molecule has 0 aromatic rings. The van der Waals surface area contributed by atoms with Crippen LogP contribution in [0.5, 0.6) is 0 Å². The van der Waals surface area contributed by atoms with Crippen molar-refractivity contribution in [3.05, 3.63) is 0 Å². The van der Waals surface area contributed by atoms with Crippen molar-refractivity contribution in [2.45, 2.75) is 58.0 Å². The summed E-state index contributed by atoms with van der Waals surface area (Å²) in [6, 6.07) is 0. The van der Waals surface area contributed by atoms with E-state index in [1.807, 2.05) is 0 Å². The predicted octanol–water partition coefficient (Wildman–Crippen LogP) is 3.27. The Kier molecular flexibility index (Phi) is 2.63. The Morgan fingerprint density at radius 3 is 2.14 bits per heavy atom. The average molecular weight is 198 g/mol. The minimum absolute atomic E-state index is 0.170. The van der Waals surface area contributed by atoms with Gasteiger partial charge in [0, 0.05) is 5.92 Å². The molecule has 2 atom stereocenters. The van der Waals surface area contributed by atoms with Crippen molar-refractivity contribution in [3.63, 3.8) is 0 Å². The molecule has 1 nitrogen and oxygen atoms in total. The van der Waals surface area contributed by atoms with Gasteiger partial charge in [-0.3, -0.25) is 4.79 Å². The molecule has 80 valence electrons. The van der Waals surface area contributed by atoms with E-state index in [0.717, 1.165) is 25.7 Å². The fourth-order valence-electron chi connectivity index (χ4n) is 2.58. The highest BCUT2D eigenvalue weighted by atomic mass is 19.1. The smallest absolute Gasteiger partial charge is 0.144 e. The number of ketones is 1. The van der Waals surface area contributed by atoms with Crippen LogP contribution in [0, 0.1) is 11.3 Å². The summed E-state index contributed by atoms with van der Waals surface area (Å²) in [6.45, 7) is 1.80. The average Bonchev–Trinajstić information content (AvgIpc) is 2.85. The second kappa shape index (κ2) is 3.63. The Morgan fingerprint density at radius 1 is 1.21 bits per heavy atom. The molecule has 0 aromatic heterocycles. The third-order valence-electron chi connectivity index (χ3n) is 3.92. The topological polar surface area (TPSA) is 17.1 Å². The first-order chi connectivity index (χ1) is 6.64. The van der Waals surface area contributed by atoms with Crippen LogP contribution in [0.2, 0.25) is 0 Å². The molecular formula is C12H19FO. The molecule has 2 heteroatoms. The van der Waals surface area contributed by atoms with Crippen LogP contribution in [0.3, 0.4) is 0 Å². The van der Waals surface area contributed by atoms with E-state index in [4.69, 9.17) is 0 Å². The second-order valence-electron chi connectivity index (χ2n) is 5.14. The highest BCUT2D eigenvalue weighted by Crippen LogP contribution is 2.51. The van der Waals surface area contributed by atoms with Crippen LogP contribution in [0.4, 0.5) is 4.39 Å².